The fraction of sp³-hybridized carbons (Fsp3) is 0.391. The molecule has 0 radical (unpaired) electrons. The summed E-state index contributed by atoms with van der Waals surface area (Å²) in [5, 5.41) is 0. The number of hydrogen-bond acceptors (Lipinski definition) is 4. The molecule has 1 aliphatic heterocycles. The van der Waals surface area contributed by atoms with Gasteiger partial charge in [-0.3, -0.25) is 4.79 Å². The Kier molecular flexibility index (Phi) is 4.70. The lowest BCUT2D eigenvalue weighted by molar-refractivity contribution is -0.157. The number of rotatable bonds is 4. The molecule has 0 N–H and O–H groups in total. The van der Waals surface area contributed by atoms with Crippen molar-refractivity contribution in [2.24, 2.45) is 0 Å². The highest BCUT2D eigenvalue weighted by molar-refractivity contribution is 5.86. The van der Waals surface area contributed by atoms with Gasteiger partial charge in [0.2, 0.25) is 0 Å². The third kappa shape index (κ3) is 3.23. The van der Waals surface area contributed by atoms with Gasteiger partial charge in [0.1, 0.15) is 11.9 Å². The van der Waals surface area contributed by atoms with Gasteiger partial charge in [0.05, 0.1) is 37.8 Å². The van der Waals surface area contributed by atoms with Gasteiger partial charge in [-0.1, -0.05) is 18.2 Å². The number of ether oxygens (including phenoxy) is 2. The summed E-state index contributed by atoms with van der Waals surface area (Å²) in [6.45, 7) is 1.14. The number of pyridine rings is 1. The number of hydrogen-bond donors (Lipinski definition) is 0. The molecule has 2 aliphatic rings. The molecule has 1 saturated heterocycles. The Morgan fingerprint density at radius 3 is 2.67 bits per heavy atom. The molecule has 1 unspecified atom stereocenters. The van der Waals surface area contributed by atoms with Crippen LogP contribution in [0.4, 0.5) is 4.39 Å². The first-order chi connectivity index (χ1) is 14.6. The molecule has 1 aliphatic carbocycles. The molecule has 1 amide bonds. The Balaban J connectivity index is 1.38. The van der Waals surface area contributed by atoms with Crippen molar-refractivity contribution < 1.29 is 18.7 Å². The normalized spacial score (nSPS) is 20.7. The van der Waals surface area contributed by atoms with Gasteiger partial charge in [-0.05, 0) is 48.6 Å². The van der Waals surface area contributed by atoms with E-state index in [9.17, 15) is 9.18 Å². The van der Waals surface area contributed by atoms with Crippen LogP contribution in [0.2, 0.25) is 0 Å². The van der Waals surface area contributed by atoms with E-state index in [1.54, 1.807) is 18.3 Å². The van der Waals surface area contributed by atoms with Crippen LogP contribution < -0.4 is 4.74 Å². The molecule has 2 aromatic heterocycles. The molecule has 7 heteroatoms. The molecular weight excluding hydrogens is 385 g/mol. The molecule has 3 heterocycles. The molecule has 3 aromatic rings. The van der Waals surface area contributed by atoms with Crippen molar-refractivity contribution in [1.82, 2.24) is 14.3 Å². The average Bonchev–Trinajstić information content (AvgIpc) is 3.20. The van der Waals surface area contributed by atoms with Crippen molar-refractivity contribution >= 4 is 11.4 Å². The Morgan fingerprint density at radius 2 is 1.97 bits per heavy atom. The van der Waals surface area contributed by atoms with E-state index in [0.717, 1.165) is 34.5 Å². The lowest BCUT2D eigenvalue weighted by Crippen LogP contribution is -2.53. The zero-order valence-electron chi connectivity index (χ0n) is 16.9. The van der Waals surface area contributed by atoms with Gasteiger partial charge < -0.3 is 18.8 Å². The van der Waals surface area contributed by atoms with Gasteiger partial charge in [0, 0.05) is 12.7 Å². The van der Waals surface area contributed by atoms with Crippen molar-refractivity contribution in [2.45, 2.75) is 31.0 Å². The second kappa shape index (κ2) is 7.40. The van der Waals surface area contributed by atoms with Gasteiger partial charge in [-0.15, -0.1) is 0 Å². The number of carbonyl (C=O) groups is 1. The Labute approximate surface area is 174 Å². The maximum Gasteiger partial charge on any atom is 0.260 e. The molecule has 156 valence electrons. The maximum absolute atomic E-state index is 14.6. The molecule has 1 atom stereocenters. The molecule has 1 aromatic carbocycles. The predicted molar refractivity (Wildman–Crippen MR) is 110 cm³/mol. The second-order valence-corrected chi connectivity index (χ2v) is 8.00. The summed E-state index contributed by atoms with van der Waals surface area (Å²) in [5.74, 6) is 0.419. The number of benzene rings is 1. The minimum absolute atomic E-state index is 0.329. The highest BCUT2D eigenvalue weighted by atomic mass is 19.1. The molecule has 6 nitrogen and oxygen atoms in total. The van der Waals surface area contributed by atoms with E-state index < -0.39 is 11.6 Å². The predicted octanol–water partition coefficient (Wildman–Crippen LogP) is 3.80. The smallest absolute Gasteiger partial charge is 0.260 e. The monoisotopic (exact) mass is 409 g/mol. The van der Waals surface area contributed by atoms with Gasteiger partial charge in [0.25, 0.3) is 5.91 Å². The number of fused-ring (bicyclic) bond motifs is 1. The van der Waals surface area contributed by atoms with Gasteiger partial charge in [-0.2, -0.15) is 0 Å². The lowest BCUT2D eigenvalue weighted by atomic mass is 9.81. The Morgan fingerprint density at radius 1 is 1.20 bits per heavy atom. The van der Waals surface area contributed by atoms with Gasteiger partial charge in [0.15, 0.2) is 5.67 Å². The van der Waals surface area contributed by atoms with Gasteiger partial charge >= 0.3 is 0 Å². The van der Waals surface area contributed by atoms with Crippen LogP contribution in [0.5, 0.6) is 5.75 Å². The van der Waals surface area contributed by atoms with Crippen molar-refractivity contribution in [3.05, 3.63) is 54.6 Å². The summed E-state index contributed by atoms with van der Waals surface area (Å²) >= 11 is 0. The van der Waals surface area contributed by atoms with Crippen LogP contribution in [0, 0.1) is 0 Å². The van der Waals surface area contributed by atoms with E-state index in [4.69, 9.17) is 9.47 Å². The van der Waals surface area contributed by atoms with E-state index in [0.29, 0.717) is 32.5 Å². The van der Waals surface area contributed by atoms with Crippen LogP contribution in [-0.4, -0.2) is 52.7 Å². The highest BCUT2D eigenvalue weighted by Crippen LogP contribution is 2.38. The molecular formula is C23H24FN3O3. The average molecular weight is 409 g/mol. The molecule has 2 fully saturated rings. The van der Waals surface area contributed by atoms with Crippen LogP contribution in [0.1, 0.15) is 31.1 Å². The van der Waals surface area contributed by atoms with Gasteiger partial charge in [-0.25, -0.2) is 9.37 Å². The fourth-order valence-electron chi connectivity index (χ4n) is 4.21. The fourth-order valence-corrected chi connectivity index (χ4v) is 4.21. The van der Waals surface area contributed by atoms with E-state index in [1.165, 1.54) is 0 Å². The number of nitrogens with zero attached hydrogens (tertiary/aromatic N) is 3. The topological polar surface area (TPSA) is 56.1 Å². The SMILES string of the molecule is COc1ccc(-c2ccc3c(C4CN(C(=O)C5(F)CCC5)CCO4)ncn3c2)cc1. The molecule has 30 heavy (non-hydrogen) atoms. The minimum Gasteiger partial charge on any atom is -0.497 e. The minimum atomic E-state index is -1.68. The number of halogens is 1. The number of imidazole rings is 1. The first-order valence-corrected chi connectivity index (χ1v) is 10.3. The summed E-state index contributed by atoms with van der Waals surface area (Å²) in [5.41, 5.74) is 2.15. The molecule has 0 spiro atoms. The van der Waals surface area contributed by atoms with Crippen molar-refractivity contribution in [3.63, 3.8) is 0 Å². The summed E-state index contributed by atoms with van der Waals surface area (Å²) in [4.78, 5) is 18.7. The summed E-state index contributed by atoms with van der Waals surface area (Å²) in [6.07, 6.45) is 4.85. The number of morpholine rings is 1. The van der Waals surface area contributed by atoms with Crippen molar-refractivity contribution in [1.29, 1.82) is 0 Å². The first kappa shape index (κ1) is 19.1. The molecule has 1 saturated carbocycles. The molecule has 0 bridgehead atoms. The number of amides is 1. The largest absolute Gasteiger partial charge is 0.497 e. The van der Waals surface area contributed by atoms with Crippen LogP contribution in [0.3, 0.4) is 0 Å². The lowest BCUT2D eigenvalue weighted by Gasteiger charge is -2.40. The van der Waals surface area contributed by atoms with E-state index >= 15 is 0 Å². The zero-order chi connectivity index (χ0) is 20.7. The number of methoxy groups -OCH3 is 1. The number of carbonyl (C=O) groups excluding carboxylic acids is 1. The maximum atomic E-state index is 14.6. The summed E-state index contributed by atoms with van der Waals surface area (Å²) in [7, 11) is 1.65. The second-order valence-electron chi connectivity index (χ2n) is 8.00. The van der Waals surface area contributed by atoms with Crippen molar-refractivity contribution in [2.75, 3.05) is 26.8 Å². The zero-order valence-corrected chi connectivity index (χ0v) is 16.9. The van der Waals surface area contributed by atoms with E-state index in [-0.39, 0.29) is 6.10 Å². The summed E-state index contributed by atoms with van der Waals surface area (Å²) in [6, 6.07) is 11.9. The third-order valence-corrected chi connectivity index (χ3v) is 6.17. The standard InChI is InChI=1S/C23H24FN3O3/c1-29-18-6-3-16(4-7-18)17-5-8-19-21(25-15-27(19)13-17)20-14-26(11-12-30-20)22(28)23(24)9-2-10-23/h3-8,13,15,20H,2,9-12,14H2,1H3. The first-order valence-electron chi connectivity index (χ1n) is 10.3. The number of aromatic nitrogens is 2. The summed E-state index contributed by atoms with van der Waals surface area (Å²) < 4.78 is 27.7. The Bertz CT molecular complexity index is 1070. The third-order valence-electron chi connectivity index (χ3n) is 6.17. The quantitative estimate of drug-likeness (QED) is 0.658. The van der Waals surface area contributed by atoms with E-state index in [2.05, 4.69) is 4.98 Å². The Hall–Kier alpha value is -2.93. The van der Waals surface area contributed by atoms with Crippen LogP contribution >= 0.6 is 0 Å². The van der Waals surface area contributed by atoms with Crippen LogP contribution in [0.25, 0.3) is 16.6 Å². The van der Waals surface area contributed by atoms with Crippen LogP contribution in [0.15, 0.2) is 48.9 Å². The number of alkyl halides is 1. The molecule has 5 rings (SSSR count). The highest BCUT2D eigenvalue weighted by Gasteiger charge is 2.47. The van der Waals surface area contributed by atoms with Crippen molar-refractivity contribution in [3.8, 4) is 16.9 Å². The van der Waals surface area contributed by atoms with E-state index in [1.807, 2.05) is 47.0 Å². The van der Waals surface area contributed by atoms with Crippen LogP contribution in [-0.2, 0) is 9.53 Å².